The largest absolute Gasteiger partial charge is 0.466 e. The number of imide groups is 1. The minimum Gasteiger partial charge on any atom is -0.466 e. The molecule has 32 nitrogen and oxygen atoms in total. The van der Waals surface area contributed by atoms with Crippen molar-refractivity contribution in [2.75, 3.05) is 54.8 Å². The number of ether oxygens (including phenoxy) is 8. The van der Waals surface area contributed by atoms with Gasteiger partial charge in [0.1, 0.15) is 29.2 Å². The molecule has 0 spiro atoms. The SMILES string of the molecule is CC(N)CO.CC1CCOC(=O)C1.CC1CCOC(=O)N1C(=O)OC(C)(C)C.CC1CCOC(=O)N1c1cnn2c1CN(C(=O)Cc1cc(F)c(F)c(F)c1)[C@@H](C)C2.CC1COCC(=O)N1c1cnn2c1CN(C(=O)OC(C)(C)C)[C@@H](C)C2.C[C@H]1Cn2ncc(I)c2CN1C(=O)OC(C)(C)C.O=C(Nc1cc(F)c(F)c(F)c1)Oc1ccccc1. The first-order valence-corrected chi connectivity index (χ1v) is 40.2. The number of carbonyl (C=O) groups excluding carboxylic acids is 9. The molecule has 6 aromatic rings. The van der Waals surface area contributed by atoms with Crippen LogP contribution in [0.3, 0.4) is 0 Å². The van der Waals surface area contributed by atoms with Crippen molar-refractivity contribution in [3.05, 3.63) is 134 Å². The summed E-state index contributed by atoms with van der Waals surface area (Å²) in [6.45, 7) is 36.5. The molecule has 660 valence electrons. The van der Waals surface area contributed by atoms with E-state index >= 15 is 0 Å². The van der Waals surface area contributed by atoms with Crippen LogP contribution < -0.4 is 25.6 Å². The van der Waals surface area contributed by atoms with Crippen molar-refractivity contribution in [1.82, 2.24) is 48.9 Å². The average Bonchev–Trinajstić information content (AvgIpc) is 1.61. The number of morpholine rings is 1. The van der Waals surface area contributed by atoms with Crippen molar-refractivity contribution in [3.63, 3.8) is 0 Å². The molecular weight excluding hydrogens is 1700 g/mol. The highest BCUT2D eigenvalue weighted by atomic mass is 127. The normalized spacial score (nSPS) is 20.3. The van der Waals surface area contributed by atoms with Gasteiger partial charge in [0, 0.05) is 55.6 Å². The molecule has 0 saturated carbocycles. The number of halogens is 7. The van der Waals surface area contributed by atoms with Gasteiger partial charge in [-0.25, -0.2) is 60.0 Å². The van der Waals surface area contributed by atoms with Crippen molar-refractivity contribution >= 4 is 94.0 Å². The Labute approximate surface area is 706 Å². The predicted octanol–water partition coefficient (Wildman–Crippen LogP) is 13.6. The number of para-hydroxylation sites is 1. The highest BCUT2D eigenvalue weighted by molar-refractivity contribution is 14.1. The molecule has 0 bridgehead atoms. The van der Waals surface area contributed by atoms with E-state index in [0.717, 1.165) is 50.6 Å². The second-order valence-electron chi connectivity index (χ2n) is 32.7. The molecule has 120 heavy (non-hydrogen) atoms. The van der Waals surface area contributed by atoms with E-state index in [1.54, 1.807) is 89.5 Å². The van der Waals surface area contributed by atoms with E-state index in [9.17, 15) is 69.5 Å². The van der Waals surface area contributed by atoms with Crippen LogP contribution in [0.4, 0.5) is 72.2 Å². The molecule has 7 aliphatic heterocycles. The molecule has 4 N–H and O–H groups in total. The Bertz CT molecular complexity index is 4510. The molecule has 3 aromatic heterocycles. The van der Waals surface area contributed by atoms with Gasteiger partial charge in [-0.05, 0) is 176 Å². The minimum absolute atomic E-state index is 0.0343. The van der Waals surface area contributed by atoms with Crippen molar-refractivity contribution in [1.29, 1.82) is 0 Å². The first kappa shape index (κ1) is 96.8. The van der Waals surface area contributed by atoms with E-state index in [4.69, 9.17) is 48.7 Å². The van der Waals surface area contributed by atoms with Crippen molar-refractivity contribution in [2.24, 2.45) is 11.7 Å². The summed E-state index contributed by atoms with van der Waals surface area (Å²) >= 11 is 2.25. The fourth-order valence-electron chi connectivity index (χ4n) is 12.6. The number of amides is 8. The Morgan fingerprint density at radius 2 is 1.02 bits per heavy atom. The molecule has 13 rings (SSSR count). The van der Waals surface area contributed by atoms with Gasteiger partial charge in [-0.1, -0.05) is 25.1 Å². The number of esters is 1. The Morgan fingerprint density at radius 3 is 1.48 bits per heavy atom. The molecular formula is C81H109F6IN14O18. The number of cyclic esters (lactones) is 3. The van der Waals surface area contributed by atoms with E-state index in [1.165, 1.54) is 17.0 Å². The van der Waals surface area contributed by atoms with E-state index in [1.807, 2.05) is 91.7 Å². The summed E-state index contributed by atoms with van der Waals surface area (Å²) in [6, 6.07) is 10.5. The van der Waals surface area contributed by atoms with Gasteiger partial charge >= 0.3 is 42.5 Å². The number of nitrogens with one attached hydrogen (secondary N) is 1. The van der Waals surface area contributed by atoms with Crippen LogP contribution in [0.15, 0.2) is 73.2 Å². The van der Waals surface area contributed by atoms with Gasteiger partial charge in [-0.15, -0.1) is 0 Å². The number of carbonyl (C=O) groups is 9. The lowest BCUT2D eigenvalue weighted by Gasteiger charge is -2.37. The summed E-state index contributed by atoms with van der Waals surface area (Å²) < 4.78 is 126. The Kier molecular flexibility index (Phi) is 34.5. The van der Waals surface area contributed by atoms with E-state index in [0.29, 0.717) is 101 Å². The number of benzene rings is 3. The van der Waals surface area contributed by atoms with Gasteiger partial charge in [0.05, 0.1) is 153 Å². The monoisotopic (exact) mass is 1810 g/mol. The third kappa shape index (κ3) is 27.9. The third-order valence-electron chi connectivity index (χ3n) is 18.7. The zero-order valence-electron chi connectivity index (χ0n) is 70.5. The third-order valence-corrected chi connectivity index (χ3v) is 19.6. The van der Waals surface area contributed by atoms with Gasteiger partial charge in [0.25, 0.3) is 5.91 Å². The summed E-state index contributed by atoms with van der Waals surface area (Å²) in [5, 5.41) is 23.2. The number of nitrogens with two attached hydrogens (primary N) is 1. The molecule has 8 amide bonds. The first-order chi connectivity index (χ1) is 56.1. The topological polar surface area (TPSA) is 359 Å². The van der Waals surface area contributed by atoms with Gasteiger partial charge in [-0.2, -0.15) is 15.3 Å². The standard InChI is InChI=1S/C20H21F3N4O3.C17H26N4O4.C13H8F3NO2.C12H18IN3O2.C10H17NO4.C6H10O2.C3H9NO/c1-11-3-4-30-20(29)27(11)16-8-24-26-9-12(2)25(10-17(16)26)18(28)7-13-5-14(21)19(23)15(22)6-13;1-11-7-20-14(8-19(11)16(23)25-17(3,4)5)13(6-18-20)21-12(2)9-24-10-15(21)22;14-10-6-8(7-11(15)12(10)16)17-13(18)19-9-4-2-1-3-5-9;1-8-6-16-10(9(13)5-14-16)7-15(8)11(17)18-12(2,3)4;1-7-5-6-14-8(12)11(7)9(13)15-10(2,3)4;1-5-2-3-8-6(7)4-5;1-3(4)2-5/h5-6,8,11-12H,3-4,7,9-10H2,1-2H3;6,11-12H,7-10H2,1-5H3;1-7H,(H,17,18);5,8H,6-7H2,1-4H3;7H,5-6H2,1-4H3;5H,2-4H2,1H3;3,5H,2,4H2,1H3/t11?,12-;11-,12?;;8-;;;/m00.0.../s1. The highest BCUT2D eigenvalue weighted by Gasteiger charge is 2.41. The number of fused-ring (bicyclic) bond motifs is 3. The fourth-order valence-corrected chi connectivity index (χ4v) is 13.1. The Balaban J connectivity index is 0.000000202. The summed E-state index contributed by atoms with van der Waals surface area (Å²) in [4.78, 5) is 116. The molecule has 39 heteroatoms. The minimum atomic E-state index is -1.60. The second-order valence-corrected chi connectivity index (χ2v) is 33.8. The maximum Gasteiger partial charge on any atom is 0.420 e. The number of hydrogen-bond acceptors (Lipinski definition) is 22. The molecule has 3 aromatic carbocycles. The Morgan fingerprint density at radius 1 is 0.575 bits per heavy atom. The van der Waals surface area contributed by atoms with Crippen molar-refractivity contribution in [2.45, 2.75) is 248 Å². The van der Waals surface area contributed by atoms with Gasteiger partial charge in [-0.3, -0.25) is 48.4 Å². The number of aliphatic hydroxyl groups excluding tert-OH is 1. The van der Waals surface area contributed by atoms with Gasteiger partial charge in [0.15, 0.2) is 34.9 Å². The second kappa shape index (κ2) is 42.8. The average molecular weight is 1810 g/mol. The molecule has 10 heterocycles. The Hall–Kier alpha value is -10.3. The number of rotatable bonds is 7. The fraction of sp³-hybridized carbons (Fsp3) is 0.556. The van der Waals surface area contributed by atoms with E-state index in [-0.39, 0.29) is 115 Å². The maximum absolute atomic E-state index is 13.5. The summed E-state index contributed by atoms with van der Waals surface area (Å²) in [7, 11) is 0. The van der Waals surface area contributed by atoms with Crippen LogP contribution in [0.1, 0.15) is 166 Å². The molecule has 4 saturated heterocycles. The molecule has 8 atom stereocenters. The molecule has 0 radical (unpaired) electrons. The maximum atomic E-state index is 13.5. The summed E-state index contributed by atoms with van der Waals surface area (Å²) in [5.74, 6) is -8.29. The van der Waals surface area contributed by atoms with Gasteiger partial charge in [0.2, 0.25) is 5.91 Å². The van der Waals surface area contributed by atoms with Crippen LogP contribution >= 0.6 is 22.6 Å². The van der Waals surface area contributed by atoms with Crippen molar-refractivity contribution < 1.29 is 112 Å². The molecule has 5 unspecified atom stereocenters. The molecule has 4 fully saturated rings. The number of nitrogens with zero attached hydrogens (tertiary/aromatic N) is 12. The van der Waals surface area contributed by atoms with E-state index < -0.39 is 76.1 Å². The lowest BCUT2D eigenvalue weighted by atomic mass is 10.0. The lowest BCUT2D eigenvalue weighted by molar-refractivity contribution is -0.148. The van der Waals surface area contributed by atoms with Crippen LogP contribution in [0.2, 0.25) is 0 Å². The number of aliphatic hydroxyl groups is 1. The smallest absolute Gasteiger partial charge is 0.420 e. The zero-order chi connectivity index (χ0) is 89.2. The predicted molar refractivity (Wildman–Crippen MR) is 434 cm³/mol. The van der Waals surface area contributed by atoms with Crippen LogP contribution in [0.5, 0.6) is 5.75 Å². The molecule has 7 aliphatic rings. The highest BCUT2D eigenvalue weighted by Crippen LogP contribution is 2.34. The zero-order valence-corrected chi connectivity index (χ0v) is 72.7. The number of aromatic nitrogens is 6. The van der Waals surface area contributed by atoms with E-state index in [2.05, 4.69) is 50.1 Å². The first-order valence-electron chi connectivity index (χ1n) is 39.1. The molecule has 0 aliphatic carbocycles. The summed E-state index contributed by atoms with van der Waals surface area (Å²) in [6.07, 6.45) is 4.57. The number of hydrogen-bond donors (Lipinski definition) is 3. The van der Waals surface area contributed by atoms with Crippen LogP contribution in [-0.2, 0) is 93.2 Å². The van der Waals surface area contributed by atoms with Crippen LogP contribution in [0.25, 0.3) is 0 Å². The van der Waals surface area contributed by atoms with Crippen molar-refractivity contribution in [3.8, 4) is 5.75 Å². The van der Waals surface area contributed by atoms with Crippen LogP contribution in [-0.4, -0.2) is 207 Å². The summed E-state index contributed by atoms with van der Waals surface area (Å²) in [5.41, 5.74) is 7.20. The van der Waals surface area contributed by atoms with Crippen LogP contribution in [0, 0.1) is 44.4 Å². The number of anilines is 3. The quantitative estimate of drug-likeness (QED) is 0.0439. The lowest BCUT2D eigenvalue weighted by Crippen LogP contribution is -2.50. The van der Waals surface area contributed by atoms with Gasteiger partial charge < -0.3 is 58.5 Å².